The number of benzene rings is 3. The third kappa shape index (κ3) is 4.85. The minimum Gasteiger partial charge on any atom is -0.490 e. The van der Waals surface area contributed by atoms with Gasteiger partial charge in [0.2, 0.25) is 0 Å². The number of thiazole rings is 1. The van der Waals surface area contributed by atoms with Crippen LogP contribution in [0.5, 0.6) is 5.75 Å². The Labute approximate surface area is 194 Å². The van der Waals surface area contributed by atoms with Crippen LogP contribution in [-0.4, -0.2) is 17.5 Å². The van der Waals surface area contributed by atoms with E-state index in [1.165, 1.54) is 5.56 Å². The van der Waals surface area contributed by atoms with Crippen molar-refractivity contribution in [2.75, 3.05) is 11.9 Å². The summed E-state index contributed by atoms with van der Waals surface area (Å²) in [5.74, 6) is 0.103. The van der Waals surface area contributed by atoms with Gasteiger partial charge in [0.1, 0.15) is 5.01 Å². The molecule has 0 unspecified atom stereocenters. The number of ether oxygens (including phenoxy) is 1. The number of nitrogens with one attached hydrogen (secondary N) is 1. The fourth-order valence-corrected chi connectivity index (χ4v) is 4.75. The maximum Gasteiger partial charge on any atom is 0.255 e. The molecule has 1 aromatic heterocycles. The normalized spacial score (nSPS) is 11.0. The van der Waals surface area contributed by atoms with Gasteiger partial charge in [-0.25, -0.2) is 4.98 Å². The van der Waals surface area contributed by atoms with Gasteiger partial charge < -0.3 is 10.1 Å². The van der Waals surface area contributed by atoms with Crippen LogP contribution in [0.3, 0.4) is 0 Å². The molecule has 3 aromatic carbocycles. The number of aryl methyl sites for hydroxylation is 1. The summed E-state index contributed by atoms with van der Waals surface area (Å²) < 4.78 is 6.71. The first-order chi connectivity index (χ1) is 14.9. The number of nitrogens with zero attached hydrogens (tertiary/aromatic N) is 1. The molecule has 0 fully saturated rings. The molecular formula is C24H20Cl2N2O2S. The molecule has 0 saturated heterocycles. The zero-order valence-electron chi connectivity index (χ0n) is 17.0. The number of carbonyl (C=O) groups is 1. The summed E-state index contributed by atoms with van der Waals surface area (Å²) in [6.07, 6.45) is 0.835. The van der Waals surface area contributed by atoms with Crippen LogP contribution < -0.4 is 10.1 Å². The second kappa shape index (κ2) is 9.27. The third-order valence-corrected chi connectivity index (χ3v) is 6.27. The van der Waals surface area contributed by atoms with Gasteiger partial charge in [-0.05, 0) is 67.4 Å². The van der Waals surface area contributed by atoms with Crippen molar-refractivity contribution in [3.63, 3.8) is 0 Å². The summed E-state index contributed by atoms with van der Waals surface area (Å²) in [6, 6.07) is 17.0. The third-order valence-electron chi connectivity index (χ3n) is 4.64. The highest BCUT2D eigenvalue weighted by Gasteiger charge is 2.15. The monoisotopic (exact) mass is 470 g/mol. The van der Waals surface area contributed by atoms with Crippen LogP contribution in [0.15, 0.2) is 54.6 Å². The minimum absolute atomic E-state index is 0.297. The van der Waals surface area contributed by atoms with Gasteiger partial charge in [-0.2, -0.15) is 0 Å². The molecule has 0 radical (unpaired) electrons. The van der Waals surface area contributed by atoms with Crippen LogP contribution in [-0.2, 0) is 0 Å². The molecule has 0 aliphatic rings. The van der Waals surface area contributed by atoms with Crippen molar-refractivity contribution in [2.45, 2.75) is 20.3 Å². The van der Waals surface area contributed by atoms with Crippen molar-refractivity contribution in [3.05, 3.63) is 75.8 Å². The van der Waals surface area contributed by atoms with E-state index < -0.39 is 0 Å². The number of halogens is 2. The number of carbonyl (C=O) groups excluding carboxylic acids is 1. The standard InChI is InChI=1S/C24H20Cl2N2O2S/c1-3-10-30-22-18(25)12-16(13-19(22)26)23(29)27-17-7-5-15(6-8-17)24-28-20-9-4-14(2)11-21(20)31-24/h4-9,11-13H,3,10H2,1-2H3,(H,27,29). The molecule has 0 aliphatic carbocycles. The number of hydrogen-bond donors (Lipinski definition) is 1. The Morgan fingerprint density at radius 1 is 1.06 bits per heavy atom. The molecule has 1 N–H and O–H groups in total. The molecule has 0 aliphatic heterocycles. The highest BCUT2D eigenvalue weighted by molar-refractivity contribution is 7.21. The quantitative estimate of drug-likeness (QED) is 0.315. The van der Waals surface area contributed by atoms with Crippen LogP contribution in [0.25, 0.3) is 20.8 Å². The first kappa shape index (κ1) is 21.6. The van der Waals surface area contributed by atoms with E-state index in [4.69, 9.17) is 32.9 Å². The second-order valence-corrected chi connectivity index (χ2v) is 8.98. The number of hydrogen-bond acceptors (Lipinski definition) is 4. The summed E-state index contributed by atoms with van der Waals surface area (Å²) in [5, 5.41) is 4.44. The highest BCUT2D eigenvalue weighted by atomic mass is 35.5. The van der Waals surface area contributed by atoms with Crippen LogP contribution in [0.4, 0.5) is 5.69 Å². The Morgan fingerprint density at radius 3 is 2.45 bits per heavy atom. The van der Waals surface area contributed by atoms with Crippen molar-refractivity contribution >= 4 is 56.3 Å². The Balaban J connectivity index is 1.50. The van der Waals surface area contributed by atoms with Crippen molar-refractivity contribution in [3.8, 4) is 16.3 Å². The lowest BCUT2D eigenvalue weighted by molar-refractivity contribution is 0.102. The summed E-state index contributed by atoms with van der Waals surface area (Å²) in [5.41, 5.74) is 4.24. The lowest BCUT2D eigenvalue weighted by atomic mass is 10.1. The molecule has 0 saturated carbocycles. The molecule has 1 heterocycles. The second-order valence-electron chi connectivity index (χ2n) is 7.14. The van der Waals surface area contributed by atoms with Gasteiger partial charge in [0, 0.05) is 16.8 Å². The van der Waals surface area contributed by atoms with E-state index >= 15 is 0 Å². The van der Waals surface area contributed by atoms with Gasteiger partial charge in [0.05, 0.1) is 26.9 Å². The van der Waals surface area contributed by atoms with E-state index in [9.17, 15) is 4.79 Å². The minimum atomic E-state index is -0.297. The van der Waals surface area contributed by atoms with Crippen LogP contribution in [0.1, 0.15) is 29.3 Å². The first-order valence-electron chi connectivity index (χ1n) is 9.85. The lowest BCUT2D eigenvalue weighted by Gasteiger charge is -2.11. The van der Waals surface area contributed by atoms with E-state index in [-0.39, 0.29) is 5.91 Å². The predicted molar refractivity (Wildman–Crippen MR) is 130 cm³/mol. The van der Waals surface area contributed by atoms with Crippen molar-refractivity contribution in [2.24, 2.45) is 0 Å². The molecule has 4 nitrogen and oxygen atoms in total. The molecular weight excluding hydrogens is 451 g/mol. The van der Waals surface area contributed by atoms with Gasteiger partial charge >= 0.3 is 0 Å². The first-order valence-corrected chi connectivity index (χ1v) is 11.4. The fourth-order valence-electron chi connectivity index (χ4n) is 3.09. The molecule has 31 heavy (non-hydrogen) atoms. The number of fused-ring (bicyclic) bond motifs is 1. The number of amides is 1. The molecule has 4 aromatic rings. The van der Waals surface area contributed by atoms with Crippen LogP contribution >= 0.6 is 34.5 Å². The summed E-state index contributed by atoms with van der Waals surface area (Å²) in [4.78, 5) is 17.4. The number of anilines is 1. The summed E-state index contributed by atoms with van der Waals surface area (Å²) in [6.45, 7) is 4.57. The lowest BCUT2D eigenvalue weighted by Crippen LogP contribution is -2.12. The smallest absolute Gasteiger partial charge is 0.255 e. The maximum absolute atomic E-state index is 12.7. The molecule has 7 heteroatoms. The van der Waals surface area contributed by atoms with Crippen molar-refractivity contribution < 1.29 is 9.53 Å². The average Bonchev–Trinajstić information content (AvgIpc) is 3.16. The molecule has 4 rings (SSSR count). The summed E-state index contributed by atoms with van der Waals surface area (Å²) >= 11 is 14.2. The van der Waals surface area contributed by atoms with Gasteiger partial charge in [-0.1, -0.05) is 36.2 Å². The van der Waals surface area contributed by atoms with E-state index in [2.05, 4.69) is 24.4 Å². The van der Waals surface area contributed by atoms with Gasteiger partial charge in [0.15, 0.2) is 5.75 Å². The largest absolute Gasteiger partial charge is 0.490 e. The molecule has 0 atom stereocenters. The van der Waals surface area contributed by atoms with Crippen molar-refractivity contribution in [1.29, 1.82) is 0 Å². The van der Waals surface area contributed by atoms with Gasteiger partial charge in [-0.15, -0.1) is 11.3 Å². The average molecular weight is 471 g/mol. The topological polar surface area (TPSA) is 51.2 Å². The zero-order valence-corrected chi connectivity index (χ0v) is 19.4. The van der Waals surface area contributed by atoms with Gasteiger partial charge in [-0.3, -0.25) is 4.79 Å². The molecule has 158 valence electrons. The molecule has 0 spiro atoms. The number of rotatable bonds is 6. The van der Waals surface area contributed by atoms with Gasteiger partial charge in [0.25, 0.3) is 5.91 Å². The Morgan fingerprint density at radius 2 is 1.77 bits per heavy atom. The van der Waals surface area contributed by atoms with Crippen molar-refractivity contribution in [1.82, 2.24) is 4.98 Å². The van der Waals surface area contributed by atoms with E-state index in [0.717, 1.165) is 27.2 Å². The van der Waals surface area contributed by atoms with Crippen LogP contribution in [0.2, 0.25) is 10.0 Å². The maximum atomic E-state index is 12.7. The SMILES string of the molecule is CCCOc1c(Cl)cc(C(=O)Nc2ccc(-c3nc4ccc(C)cc4s3)cc2)cc1Cl. The fraction of sp³-hybridized carbons (Fsp3) is 0.167. The van der Waals surface area contributed by atoms with E-state index in [1.54, 1.807) is 23.5 Å². The van der Waals surface area contributed by atoms with Crippen LogP contribution in [0, 0.1) is 6.92 Å². The molecule has 0 bridgehead atoms. The predicted octanol–water partition coefficient (Wildman–Crippen LogP) is 7.62. The van der Waals surface area contributed by atoms with E-state index in [0.29, 0.717) is 33.7 Å². The Kier molecular flexibility index (Phi) is 6.46. The summed E-state index contributed by atoms with van der Waals surface area (Å²) in [7, 11) is 0. The van der Waals surface area contributed by atoms with E-state index in [1.807, 2.05) is 37.3 Å². The number of aromatic nitrogens is 1. The Bertz CT molecular complexity index is 1230. The molecule has 1 amide bonds. The zero-order chi connectivity index (χ0) is 22.0. The Hall–Kier alpha value is -2.60. The highest BCUT2D eigenvalue weighted by Crippen LogP contribution is 2.35.